The van der Waals surface area contributed by atoms with Gasteiger partial charge in [0.1, 0.15) is 5.78 Å². The van der Waals surface area contributed by atoms with Gasteiger partial charge >= 0.3 is 0 Å². The predicted molar refractivity (Wildman–Crippen MR) is 73.9 cm³/mol. The number of hydrogen-bond donors (Lipinski definition) is 1. The summed E-state index contributed by atoms with van der Waals surface area (Å²) >= 11 is 1.98. The Bertz CT molecular complexity index is 328. The van der Waals surface area contributed by atoms with Crippen LogP contribution >= 0.6 is 11.8 Å². The molecule has 4 unspecified atom stereocenters. The van der Waals surface area contributed by atoms with Crippen LogP contribution in [0.3, 0.4) is 0 Å². The van der Waals surface area contributed by atoms with E-state index in [0.717, 1.165) is 44.6 Å². The first-order chi connectivity index (χ1) is 8.70. The number of hydrogen-bond acceptors (Lipinski definition) is 4. The summed E-state index contributed by atoms with van der Waals surface area (Å²) in [7, 11) is 0. The Hall–Kier alpha value is -0.0600. The maximum atomic E-state index is 12.6. The summed E-state index contributed by atoms with van der Waals surface area (Å²) in [5.74, 6) is 3.30. The molecule has 0 aromatic heterocycles. The van der Waals surface area contributed by atoms with Gasteiger partial charge in [-0.25, -0.2) is 0 Å². The van der Waals surface area contributed by atoms with Crippen LogP contribution in [-0.2, 0) is 9.53 Å². The van der Waals surface area contributed by atoms with Crippen LogP contribution in [-0.4, -0.2) is 42.1 Å². The van der Waals surface area contributed by atoms with Gasteiger partial charge in [-0.05, 0) is 44.9 Å². The molecule has 0 radical (unpaired) electrons. The van der Waals surface area contributed by atoms with Crippen LogP contribution in [0.4, 0.5) is 0 Å². The van der Waals surface area contributed by atoms with Crippen LogP contribution in [0.15, 0.2) is 0 Å². The largest absolute Gasteiger partial charge is 0.374 e. The zero-order valence-electron chi connectivity index (χ0n) is 11.1. The average molecular weight is 269 g/mol. The SMILES string of the molecule is CC1NCCC1C(=O)C1CCOC2(CCSC2)C1. The van der Waals surface area contributed by atoms with Gasteiger partial charge in [0, 0.05) is 30.2 Å². The van der Waals surface area contributed by atoms with Gasteiger partial charge in [0.15, 0.2) is 0 Å². The smallest absolute Gasteiger partial charge is 0.140 e. The minimum absolute atomic E-state index is 0.0402. The molecule has 3 heterocycles. The van der Waals surface area contributed by atoms with Crippen molar-refractivity contribution in [3.05, 3.63) is 0 Å². The highest BCUT2D eigenvalue weighted by Crippen LogP contribution is 2.41. The molecule has 0 amide bonds. The minimum Gasteiger partial charge on any atom is -0.374 e. The topological polar surface area (TPSA) is 38.3 Å². The second kappa shape index (κ2) is 5.14. The Morgan fingerprint density at radius 2 is 2.33 bits per heavy atom. The average Bonchev–Trinajstić information content (AvgIpc) is 2.98. The first kappa shape index (κ1) is 12.9. The van der Waals surface area contributed by atoms with E-state index in [4.69, 9.17) is 4.74 Å². The van der Waals surface area contributed by atoms with Crippen molar-refractivity contribution in [2.24, 2.45) is 11.8 Å². The first-order valence-electron chi connectivity index (χ1n) is 7.19. The quantitative estimate of drug-likeness (QED) is 0.830. The summed E-state index contributed by atoms with van der Waals surface area (Å²) in [4.78, 5) is 12.6. The summed E-state index contributed by atoms with van der Waals surface area (Å²) < 4.78 is 6.01. The Balaban J connectivity index is 1.66. The molecule has 1 spiro atoms. The summed E-state index contributed by atoms with van der Waals surface area (Å²) in [6, 6.07) is 0.370. The predicted octanol–water partition coefficient (Wildman–Crippen LogP) is 1.86. The molecule has 18 heavy (non-hydrogen) atoms. The minimum atomic E-state index is 0.0402. The molecule has 3 aliphatic rings. The van der Waals surface area contributed by atoms with Gasteiger partial charge in [-0.15, -0.1) is 0 Å². The monoisotopic (exact) mass is 269 g/mol. The molecule has 0 saturated carbocycles. The number of ether oxygens (including phenoxy) is 1. The molecule has 0 aromatic carbocycles. The third kappa shape index (κ3) is 2.35. The number of rotatable bonds is 2. The molecule has 4 heteroatoms. The van der Waals surface area contributed by atoms with Crippen molar-refractivity contribution in [2.45, 2.75) is 44.2 Å². The van der Waals surface area contributed by atoms with Gasteiger partial charge in [0.25, 0.3) is 0 Å². The van der Waals surface area contributed by atoms with Crippen molar-refractivity contribution in [2.75, 3.05) is 24.7 Å². The van der Waals surface area contributed by atoms with Crippen LogP contribution in [0, 0.1) is 11.8 Å². The molecule has 4 atom stereocenters. The summed E-state index contributed by atoms with van der Waals surface area (Å²) in [6.07, 6.45) is 4.08. The summed E-state index contributed by atoms with van der Waals surface area (Å²) in [5, 5.41) is 3.39. The third-order valence-corrected chi connectivity index (χ3v) is 6.08. The lowest BCUT2D eigenvalue weighted by molar-refractivity contribution is -0.137. The van der Waals surface area contributed by atoms with Crippen molar-refractivity contribution < 1.29 is 9.53 Å². The maximum Gasteiger partial charge on any atom is 0.140 e. The Morgan fingerprint density at radius 1 is 1.44 bits per heavy atom. The van der Waals surface area contributed by atoms with Crippen molar-refractivity contribution in [3.8, 4) is 0 Å². The molecule has 3 rings (SSSR count). The molecule has 102 valence electrons. The van der Waals surface area contributed by atoms with E-state index in [1.165, 1.54) is 5.75 Å². The van der Waals surface area contributed by atoms with Crippen molar-refractivity contribution >= 4 is 17.5 Å². The number of thioether (sulfide) groups is 1. The fourth-order valence-corrected chi connectivity index (χ4v) is 5.06. The molecule has 0 aliphatic carbocycles. The number of nitrogens with one attached hydrogen (secondary N) is 1. The lowest BCUT2D eigenvalue weighted by atomic mass is 9.78. The van der Waals surface area contributed by atoms with E-state index in [0.29, 0.717) is 11.8 Å². The van der Waals surface area contributed by atoms with Crippen LogP contribution in [0.5, 0.6) is 0 Å². The molecule has 3 nitrogen and oxygen atoms in total. The summed E-state index contributed by atoms with van der Waals surface area (Å²) in [5.41, 5.74) is 0.0402. The maximum absolute atomic E-state index is 12.6. The van der Waals surface area contributed by atoms with Crippen molar-refractivity contribution in [3.63, 3.8) is 0 Å². The van der Waals surface area contributed by atoms with Crippen LogP contribution < -0.4 is 5.32 Å². The fraction of sp³-hybridized carbons (Fsp3) is 0.929. The lowest BCUT2D eigenvalue weighted by Crippen LogP contribution is -2.44. The fourth-order valence-electron chi connectivity index (χ4n) is 3.68. The van der Waals surface area contributed by atoms with E-state index in [1.807, 2.05) is 11.8 Å². The van der Waals surface area contributed by atoms with Gasteiger partial charge < -0.3 is 10.1 Å². The van der Waals surface area contributed by atoms with E-state index >= 15 is 0 Å². The van der Waals surface area contributed by atoms with Gasteiger partial charge in [-0.1, -0.05) is 0 Å². The standard InChI is InChI=1S/C14H23NO2S/c1-10-12(2-5-15-10)13(16)11-3-6-17-14(8-11)4-7-18-9-14/h10-12,15H,2-9H2,1H3. The summed E-state index contributed by atoms with van der Waals surface area (Å²) in [6.45, 7) is 3.93. The highest BCUT2D eigenvalue weighted by molar-refractivity contribution is 7.99. The molecule has 0 bridgehead atoms. The number of carbonyl (C=O) groups excluding carboxylic acids is 1. The normalized spacial score (nSPS) is 44.6. The Kier molecular flexibility index (Phi) is 3.70. The van der Waals surface area contributed by atoms with Crippen LogP contribution in [0.2, 0.25) is 0 Å². The molecule has 3 saturated heterocycles. The third-order valence-electron chi connectivity index (χ3n) is 4.85. The lowest BCUT2D eigenvalue weighted by Gasteiger charge is -2.38. The van der Waals surface area contributed by atoms with E-state index in [-0.39, 0.29) is 17.4 Å². The van der Waals surface area contributed by atoms with Gasteiger partial charge in [-0.2, -0.15) is 11.8 Å². The van der Waals surface area contributed by atoms with Crippen LogP contribution in [0.25, 0.3) is 0 Å². The van der Waals surface area contributed by atoms with E-state index in [1.54, 1.807) is 0 Å². The molecule has 0 aromatic rings. The number of carbonyl (C=O) groups is 1. The van der Waals surface area contributed by atoms with Gasteiger partial charge in [0.2, 0.25) is 0 Å². The Morgan fingerprint density at radius 3 is 3.00 bits per heavy atom. The van der Waals surface area contributed by atoms with Gasteiger partial charge in [0.05, 0.1) is 5.60 Å². The molecule has 3 fully saturated rings. The molecular weight excluding hydrogens is 246 g/mol. The number of Topliss-reactive ketones (excluding diaryl/α,β-unsaturated/α-hetero) is 1. The first-order valence-corrected chi connectivity index (χ1v) is 8.34. The van der Waals surface area contributed by atoms with E-state index in [2.05, 4.69) is 12.2 Å². The van der Waals surface area contributed by atoms with Gasteiger partial charge in [-0.3, -0.25) is 4.79 Å². The zero-order valence-corrected chi connectivity index (χ0v) is 11.9. The van der Waals surface area contributed by atoms with Crippen LogP contribution in [0.1, 0.15) is 32.6 Å². The Labute approximate surface area is 113 Å². The zero-order chi connectivity index (χ0) is 12.6. The highest BCUT2D eigenvalue weighted by atomic mass is 32.2. The molecule has 1 N–H and O–H groups in total. The molecule has 3 aliphatic heterocycles. The van der Waals surface area contributed by atoms with E-state index < -0.39 is 0 Å². The second-order valence-electron chi connectivity index (χ2n) is 6.06. The van der Waals surface area contributed by atoms with E-state index in [9.17, 15) is 4.79 Å². The van der Waals surface area contributed by atoms with Crippen molar-refractivity contribution in [1.29, 1.82) is 0 Å². The van der Waals surface area contributed by atoms with Crippen molar-refractivity contribution in [1.82, 2.24) is 5.32 Å². The molecular formula is C14H23NO2S. The second-order valence-corrected chi connectivity index (χ2v) is 7.17. The highest BCUT2D eigenvalue weighted by Gasteiger charge is 2.44. The number of ketones is 1.